The quantitative estimate of drug-likeness (QED) is 0.0737. The summed E-state index contributed by atoms with van der Waals surface area (Å²) in [5, 5.41) is 5.76. The van der Waals surface area contributed by atoms with E-state index in [2.05, 4.69) is 43.7 Å². The number of rotatable bonds is 6. The largest absolute Gasteiger partial charge is 0.385 e. The average molecular weight is 648 g/mol. The predicted octanol–water partition coefficient (Wildman–Crippen LogP) is 10.6. The fourth-order valence-corrected chi connectivity index (χ4v) is 3.96. The number of amidine groups is 1. The van der Waals surface area contributed by atoms with Gasteiger partial charge in [0.15, 0.2) is 0 Å². The van der Waals surface area contributed by atoms with E-state index in [1.54, 1.807) is 14.2 Å². The summed E-state index contributed by atoms with van der Waals surface area (Å²) in [7, 11) is 3.44. The second-order valence-corrected chi connectivity index (χ2v) is 9.41. The molecule has 4 rings (SSSR count). The molecule has 43 heavy (non-hydrogen) atoms. The van der Waals surface area contributed by atoms with Gasteiger partial charge in [0.25, 0.3) is 0 Å². The normalized spacial score (nSPS) is 10.6. The zero-order valence-electron chi connectivity index (χ0n) is 26.8. The van der Waals surface area contributed by atoms with Gasteiger partial charge < -0.3 is 10.1 Å². The summed E-state index contributed by atoms with van der Waals surface area (Å²) in [4.78, 5) is 20.6. The van der Waals surface area contributed by atoms with Gasteiger partial charge in [-0.3, -0.25) is 4.99 Å². The van der Waals surface area contributed by atoms with Gasteiger partial charge in [0, 0.05) is 31.5 Å². The second kappa shape index (κ2) is 23.4. The van der Waals surface area contributed by atoms with Gasteiger partial charge in [-0.2, -0.15) is 4.98 Å². The molecule has 0 spiro atoms. The molecule has 10 heteroatoms. The van der Waals surface area contributed by atoms with E-state index in [0.717, 1.165) is 58.2 Å². The number of hydrogen-bond donors (Lipinski definition) is 1. The molecule has 0 saturated heterocycles. The molecule has 234 valence electrons. The number of allylic oxidation sites excluding steroid dienone is 2. The summed E-state index contributed by atoms with van der Waals surface area (Å²) in [6, 6.07) is 13.4. The van der Waals surface area contributed by atoms with Crippen LogP contribution >= 0.6 is 34.8 Å². The van der Waals surface area contributed by atoms with Crippen LogP contribution in [-0.4, -0.2) is 46.5 Å². The van der Waals surface area contributed by atoms with Crippen LogP contribution in [0.5, 0.6) is 0 Å². The number of halogens is 3. The van der Waals surface area contributed by atoms with Gasteiger partial charge in [0.05, 0.1) is 11.0 Å². The van der Waals surface area contributed by atoms with Gasteiger partial charge in [-0.25, -0.2) is 15.0 Å². The number of fused-ring (bicyclic) bond motifs is 2. The Labute approximate surface area is 272 Å². The molecule has 0 saturated carbocycles. The third-order valence-electron chi connectivity index (χ3n) is 5.10. The van der Waals surface area contributed by atoms with Crippen molar-refractivity contribution in [3.8, 4) is 0 Å². The molecular weight excluding hydrogens is 603 g/mol. The standard InChI is InChI=1S/C17H19ClN4.C8H4Cl2N2.C4H10O.2C2H6/c1-5-6-11(2)10-15(19-4)21-16-13-9-12(3)7-8-14(13)20-17(18)22-16;9-7-5-3-1-2-4-6(5)11-8(10)12-7;1-3-4-5-2;2*1-2/h5,7-10H,1,6H2,2-4H3,(H,19,20,21,22);1-4H;3-4H2,1-2H3;2*1-2H3/b11-10+;;;;. The second-order valence-electron chi connectivity index (χ2n) is 8.37. The number of nitrogens with one attached hydrogen (secondary N) is 1. The van der Waals surface area contributed by atoms with Crippen LogP contribution in [0.1, 0.15) is 59.9 Å². The molecule has 0 aliphatic heterocycles. The van der Waals surface area contributed by atoms with E-state index in [1.165, 1.54) is 0 Å². The minimum atomic E-state index is 0.179. The highest BCUT2D eigenvalue weighted by Crippen LogP contribution is 2.24. The lowest BCUT2D eigenvalue weighted by atomic mass is 10.1. The van der Waals surface area contributed by atoms with Crippen LogP contribution in [0.4, 0.5) is 5.82 Å². The zero-order valence-corrected chi connectivity index (χ0v) is 29.1. The first-order valence-electron chi connectivity index (χ1n) is 14.2. The first-order chi connectivity index (χ1) is 20.7. The van der Waals surface area contributed by atoms with Crippen molar-refractivity contribution in [3.05, 3.63) is 88.1 Å². The van der Waals surface area contributed by atoms with Crippen LogP contribution < -0.4 is 5.32 Å². The van der Waals surface area contributed by atoms with Crippen molar-refractivity contribution in [2.75, 3.05) is 26.1 Å². The van der Waals surface area contributed by atoms with Crippen LogP contribution in [0.25, 0.3) is 21.8 Å². The molecule has 0 atom stereocenters. The Balaban J connectivity index is 0.000000701. The lowest BCUT2D eigenvalue weighted by Gasteiger charge is -2.10. The molecule has 4 aromatic rings. The number of nitrogens with zero attached hydrogens (tertiary/aromatic N) is 5. The van der Waals surface area contributed by atoms with E-state index in [4.69, 9.17) is 39.5 Å². The number of ether oxygens (including phenoxy) is 1. The number of anilines is 1. The molecule has 0 amide bonds. The topological polar surface area (TPSA) is 85.2 Å². The summed E-state index contributed by atoms with van der Waals surface area (Å²) < 4.78 is 4.69. The number of benzene rings is 2. The third kappa shape index (κ3) is 14.8. The van der Waals surface area contributed by atoms with Gasteiger partial charge >= 0.3 is 0 Å². The summed E-state index contributed by atoms with van der Waals surface area (Å²) in [6.45, 7) is 18.8. The molecule has 7 nitrogen and oxygen atoms in total. The van der Waals surface area contributed by atoms with Gasteiger partial charge in [-0.05, 0) is 80.2 Å². The molecular formula is C33H45Cl3N6O. The Morgan fingerprint density at radius 3 is 2.09 bits per heavy atom. The van der Waals surface area contributed by atoms with Crippen molar-refractivity contribution in [2.45, 2.75) is 61.3 Å². The first-order valence-corrected chi connectivity index (χ1v) is 15.4. The summed E-state index contributed by atoms with van der Waals surface area (Å²) in [6.07, 6.45) is 5.76. The molecule has 0 radical (unpaired) electrons. The lowest BCUT2D eigenvalue weighted by Crippen LogP contribution is -2.12. The number of hydrogen-bond acceptors (Lipinski definition) is 6. The molecule has 1 N–H and O–H groups in total. The van der Waals surface area contributed by atoms with Gasteiger partial charge in [-0.1, -0.05) is 81.6 Å². The molecule has 0 aliphatic carbocycles. The SMILES string of the molecule is C=CC/C(C)=C/C(=NC)Nc1nc(Cl)nc2ccc(C)cc12.CC.CC.CCCOC.Clc1nc(Cl)c2ccccc2n1. The number of aryl methyl sites for hydroxylation is 1. The van der Waals surface area contributed by atoms with E-state index >= 15 is 0 Å². The summed E-state index contributed by atoms with van der Waals surface area (Å²) >= 11 is 17.5. The van der Waals surface area contributed by atoms with Crippen LogP contribution in [0, 0.1) is 6.92 Å². The Hall–Kier alpha value is -3.10. The monoisotopic (exact) mass is 646 g/mol. The predicted molar refractivity (Wildman–Crippen MR) is 189 cm³/mol. The van der Waals surface area contributed by atoms with Crippen LogP contribution in [0.2, 0.25) is 15.7 Å². The maximum atomic E-state index is 6.01. The number of para-hydroxylation sites is 1. The van der Waals surface area contributed by atoms with Gasteiger partial charge in [0.1, 0.15) is 16.8 Å². The van der Waals surface area contributed by atoms with Crippen LogP contribution in [-0.2, 0) is 4.74 Å². The number of aromatic nitrogens is 4. The first kappa shape index (κ1) is 39.9. The molecule has 0 aliphatic rings. The van der Waals surface area contributed by atoms with Gasteiger partial charge in [0.2, 0.25) is 10.6 Å². The van der Waals surface area contributed by atoms with E-state index in [1.807, 2.05) is 96.2 Å². The number of methoxy groups -OCH3 is 1. The van der Waals surface area contributed by atoms with E-state index in [0.29, 0.717) is 11.0 Å². The maximum absolute atomic E-state index is 6.01. The van der Waals surface area contributed by atoms with E-state index < -0.39 is 0 Å². The summed E-state index contributed by atoms with van der Waals surface area (Å²) in [5.74, 6) is 1.37. The number of aliphatic imine (C=N–C) groups is 1. The Morgan fingerprint density at radius 2 is 1.53 bits per heavy atom. The molecule has 2 aromatic carbocycles. The Kier molecular flexibility index (Phi) is 21.7. The molecule has 0 bridgehead atoms. The van der Waals surface area contributed by atoms with Crippen molar-refractivity contribution in [1.82, 2.24) is 19.9 Å². The van der Waals surface area contributed by atoms with Crippen molar-refractivity contribution in [2.24, 2.45) is 4.99 Å². The average Bonchev–Trinajstić information content (AvgIpc) is 3.00. The van der Waals surface area contributed by atoms with Crippen molar-refractivity contribution in [1.29, 1.82) is 0 Å². The highest BCUT2D eigenvalue weighted by molar-refractivity contribution is 6.35. The molecule has 2 aromatic heterocycles. The van der Waals surface area contributed by atoms with E-state index in [9.17, 15) is 0 Å². The molecule has 0 fully saturated rings. The highest BCUT2D eigenvalue weighted by Gasteiger charge is 2.08. The van der Waals surface area contributed by atoms with Crippen LogP contribution in [0.15, 0.2) is 71.8 Å². The minimum Gasteiger partial charge on any atom is -0.385 e. The zero-order chi connectivity index (χ0) is 32.8. The molecule has 0 unspecified atom stereocenters. The van der Waals surface area contributed by atoms with Crippen molar-refractivity contribution in [3.63, 3.8) is 0 Å². The fourth-order valence-electron chi connectivity index (χ4n) is 3.32. The van der Waals surface area contributed by atoms with Crippen molar-refractivity contribution >= 4 is 68.3 Å². The Morgan fingerprint density at radius 1 is 0.930 bits per heavy atom. The highest BCUT2D eigenvalue weighted by atomic mass is 35.5. The minimum absolute atomic E-state index is 0.179. The summed E-state index contributed by atoms with van der Waals surface area (Å²) in [5.41, 5.74) is 3.86. The maximum Gasteiger partial charge on any atom is 0.224 e. The third-order valence-corrected chi connectivity index (χ3v) is 5.72. The van der Waals surface area contributed by atoms with Crippen LogP contribution in [0.3, 0.4) is 0 Å². The van der Waals surface area contributed by atoms with Gasteiger partial charge in [-0.15, -0.1) is 6.58 Å². The Bertz CT molecular complexity index is 1460. The fraction of sp³-hybridized carbons (Fsp3) is 0.364. The van der Waals surface area contributed by atoms with E-state index in [-0.39, 0.29) is 10.6 Å². The lowest BCUT2D eigenvalue weighted by molar-refractivity contribution is 0.199. The molecule has 2 heterocycles. The van der Waals surface area contributed by atoms with Crippen molar-refractivity contribution < 1.29 is 4.74 Å². The smallest absolute Gasteiger partial charge is 0.224 e.